The minimum Gasteiger partial charge on any atom is -0.492 e. The molecule has 5 rings (SSSR count). The second kappa shape index (κ2) is 6.06. The Bertz CT molecular complexity index is 726. The third-order valence-corrected chi connectivity index (χ3v) is 6.34. The van der Waals surface area contributed by atoms with E-state index in [0.29, 0.717) is 30.1 Å². The summed E-state index contributed by atoms with van der Waals surface area (Å²) in [6, 6.07) is 10.9. The van der Waals surface area contributed by atoms with Crippen molar-refractivity contribution in [1.82, 2.24) is 9.78 Å². The van der Waals surface area contributed by atoms with Crippen LogP contribution < -0.4 is 10.1 Å². The van der Waals surface area contributed by atoms with Crippen LogP contribution >= 0.6 is 0 Å². The molecule has 2 aromatic rings. The van der Waals surface area contributed by atoms with Crippen molar-refractivity contribution in [2.75, 3.05) is 18.5 Å². The van der Waals surface area contributed by atoms with E-state index in [2.05, 4.69) is 28.6 Å². The summed E-state index contributed by atoms with van der Waals surface area (Å²) in [5.41, 5.74) is 1.57. The third-order valence-electron chi connectivity index (χ3n) is 6.34. The summed E-state index contributed by atoms with van der Waals surface area (Å²) in [6.07, 6.45) is 9.42. The molecule has 1 N–H and O–H groups in total. The molecule has 0 bridgehead atoms. The van der Waals surface area contributed by atoms with Crippen molar-refractivity contribution < 1.29 is 9.47 Å². The first-order chi connectivity index (χ1) is 12.4. The van der Waals surface area contributed by atoms with Crippen molar-refractivity contribution in [2.45, 2.75) is 44.4 Å². The highest BCUT2D eigenvalue weighted by atomic mass is 16.5. The first kappa shape index (κ1) is 15.3. The molecule has 1 aromatic heterocycles. The highest BCUT2D eigenvalue weighted by molar-refractivity contribution is 5.50. The summed E-state index contributed by atoms with van der Waals surface area (Å²) in [7, 11) is 0. The van der Waals surface area contributed by atoms with E-state index in [1.54, 1.807) is 6.20 Å². The van der Waals surface area contributed by atoms with Crippen molar-refractivity contribution in [3.8, 4) is 5.75 Å². The number of anilines is 1. The molecule has 0 unspecified atom stereocenters. The van der Waals surface area contributed by atoms with Crippen molar-refractivity contribution >= 4 is 5.69 Å². The van der Waals surface area contributed by atoms with E-state index < -0.39 is 0 Å². The molecule has 5 nitrogen and oxygen atoms in total. The number of hydrogen-bond acceptors (Lipinski definition) is 4. The van der Waals surface area contributed by atoms with Crippen LogP contribution in [-0.4, -0.2) is 35.1 Å². The number of benzene rings is 1. The molecule has 2 heterocycles. The van der Waals surface area contributed by atoms with Gasteiger partial charge in [-0.05, 0) is 37.5 Å². The van der Waals surface area contributed by atoms with Crippen LogP contribution in [0.3, 0.4) is 0 Å². The lowest BCUT2D eigenvalue weighted by atomic mass is 9.46. The van der Waals surface area contributed by atoms with Crippen LogP contribution in [0.1, 0.15) is 25.7 Å². The van der Waals surface area contributed by atoms with Crippen molar-refractivity contribution in [1.29, 1.82) is 0 Å². The molecular weight excluding hydrogens is 314 g/mol. The Morgan fingerprint density at radius 3 is 3.08 bits per heavy atom. The zero-order valence-corrected chi connectivity index (χ0v) is 14.4. The fourth-order valence-corrected chi connectivity index (χ4v) is 5.00. The first-order valence-corrected chi connectivity index (χ1v) is 9.44. The third kappa shape index (κ3) is 2.53. The van der Waals surface area contributed by atoms with Crippen LogP contribution in [0, 0.1) is 11.3 Å². The van der Waals surface area contributed by atoms with E-state index in [1.165, 1.54) is 31.4 Å². The lowest BCUT2D eigenvalue weighted by Crippen LogP contribution is -2.68. The average molecular weight is 339 g/mol. The number of fused-ring (bicyclic) bond motifs is 2. The number of nitrogens with one attached hydrogen (secondary N) is 1. The highest BCUT2D eigenvalue weighted by Crippen LogP contribution is 2.63. The van der Waals surface area contributed by atoms with Gasteiger partial charge in [-0.1, -0.05) is 12.5 Å². The number of ether oxygens (including phenoxy) is 2. The normalized spacial score (nSPS) is 28.9. The second-order valence-electron chi connectivity index (χ2n) is 7.60. The van der Waals surface area contributed by atoms with Crippen LogP contribution in [0.25, 0.3) is 0 Å². The van der Waals surface area contributed by atoms with Gasteiger partial charge in [0.1, 0.15) is 12.4 Å². The van der Waals surface area contributed by atoms with Crippen LogP contribution in [0.4, 0.5) is 5.69 Å². The van der Waals surface area contributed by atoms with Gasteiger partial charge in [0.25, 0.3) is 0 Å². The number of hydrogen-bond donors (Lipinski definition) is 1. The number of rotatable bonds is 6. The van der Waals surface area contributed by atoms with Gasteiger partial charge in [0.2, 0.25) is 0 Å². The maximum Gasteiger partial charge on any atom is 0.121 e. The summed E-state index contributed by atoms with van der Waals surface area (Å²) >= 11 is 0. The van der Waals surface area contributed by atoms with Gasteiger partial charge in [0, 0.05) is 48.1 Å². The van der Waals surface area contributed by atoms with Gasteiger partial charge < -0.3 is 14.8 Å². The Kier molecular flexibility index (Phi) is 3.70. The maximum absolute atomic E-state index is 6.02. The maximum atomic E-state index is 6.02. The Hall–Kier alpha value is -2.01. The van der Waals surface area contributed by atoms with Gasteiger partial charge in [-0.3, -0.25) is 4.68 Å². The largest absolute Gasteiger partial charge is 0.492 e. The van der Waals surface area contributed by atoms with E-state index >= 15 is 0 Å². The summed E-state index contributed by atoms with van der Waals surface area (Å²) in [5, 5.41) is 8.01. The fraction of sp³-hybridized carbons (Fsp3) is 0.550. The van der Waals surface area contributed by atoms with E-state index in [-0.39, 0.29) is 0 Å². The Balaban J connectivity index is 1.22. The standard InChI is InChI=1S/C20H25N3O2/c1-4-15(14-16(5-1)24-13-11-23-10-3-9-21-23)22-18-17-6-12-25-19(17)20(18)7-2-8-20/h1,3-5,9-10,14,17-19,22H,2,6-8,11-13H2/t17-,18-,19+/m1/s1. The van der Waals surface area contributed by atoms with E-state index in [1.807, 2.05) is 23.0 Å². The molecule has 0 radical (unpaired) electrons. The summed E-state index contributed by atoms with van der Waals surface area (Å²) in [4.78, 5) is 0. The zero-order chi connectivity index (χ0) is 16.7. The molecule has 3 fully saturated rings. The van der Waals surface area contributed by atoms with Crippen molar-refractivity contribution in [3.05, 3.63) is 42.7 Å². The Labute approximate surface area is 148 Å². The number of aromatic nitrogens is 2. The molecular formula is C20H25N3O2. The summed E-state index contributed by atoms with van der Waals surface area (Å²) < 4.78 is 13.8. The first-order valence-electron chi connectivity index (χ1n) is 9.44. The Morgan fingerprint density at radius 1 is 1.32 bits per heavy atom. The number of nitrogens with zero attached hydrogens (tertiary/aromatic N) is 2. The molecule has 1 spiro atoms. The van der Waals surface area contributed by atoms with Gasteiger partial charge in [0.05, 0.1) is 12.6 Å². The fourth-order valence-electron chi connectivity index (χ4n) is 5.00. The smallest absolute Gasteiger partial charge is 0.121 e. The van der Waals surface area contributed by atoms with Crippen LogP contribution in [0.2, 0.25) is 0 Å². The molecule has 1 aromatic carbocycles. The minimum absolute atomic E-state index is 0.401. The topological polar surface area (TPSA) is 48.3 Å². The molecule has 3 aliphatic rings. The molecule has 2 aliphatic carbocycles. The van der Waals surface area contributed by atoms with Crippen LogP contribution in [-0.2, 0) is 11.3 Å². The molecule has 2 saturated carbocycles. The summed E-state index contributed by atoms with van der Waals surface area (Å²) in [5.74, 6) is 1.60. The van der Waals surface area contributed by atoms with Gasteiger partial charge >= 0.3 is 0 Å². The quantitative estimate of drug-likeness (QED) is 0.877. The average Bonchev–Trinajstić information content (AvgIpc) is 3.22. The predicted octanol–water partition coefficient (Wildman–Crippen LogP) is 3.33. The predicted molar refractivity (Wildman–Crippen MR) is 95.7 cm³/mol. The van der Waals surface area contributed by atoms with Gasteiger partial charge in [-0.15, -0.1) is 0 Å². The molecule has 0 amide bonds. The second-order valence-corrected chi connectivity index (χ2v) is 7.60. The van der Waals surface area contributed by atoms with Crippen molar-refractivity contribution in [3.63, 3.8) is 0 Å². The summed E-state index contributed by atoms with van der Waals surface area (Å²) in [6.45, 7) is 2.32. The SMILES string of the molecule is c1cc(N[C@@H]2[C@H]3CCO[C@@H]3C23CCC3)cc(OCCn2cccn2)c1. The molecule has 1 saturated heterocycles. The molecule has 25 heavy (non-hydrogen) atoms. The molecule has 5 heteroatoms. The lowest BCUT2D eigenvalue weighted by Gasteiger charge is -2.63. The van der Waals surface area contributed by atoms with Crippen LogP contribution in [0.5, 0.6) is 5.75 Å². The van der Waals surface area contributed by atoms with Gasteiger partial charge in [-0.25, -0.2) is 0 Å². The van der Waals surface area contributed by atoms with E-state index in [9.17, 15) is 0 Å². The molecule has 3 atom stereocenters. The minimum atomic E-state index is 0.401. The Morgan fingerprint density at radius 2 is 2.28 bits per heavy atom. The molecule has 1 aliphatic heterocycles. The highest BCUT2D eigenvalue weighted by Gasteiger charge is 2.66. The molecule has 132 valence electrons. The zero-order valence-electron chi connectivity index (χ0n) is 14.4. The monoisotopic (exact) mass is 339 g/mol. The van der Waals surface area contributed by atoms with Crippen molar-refractivity contribution in [2.24, 2.45) is 11.3 Å². The van der Waals surface area contributed by atoms with Gasteiger partial charge in [0.15, 0.2) is 0 Å². The van der Waals surface area contributed by atoms with E-state index in [0.717, 1.165) is 18.9 Å². The van der Waals surface area contributed by atoms with Crippen LogP contribution in [0.15, 0.2) is 42.7 Å². The van der Waals surface area contributed by atoms with E-state index in [4.69, 9.17) is 9.47 Å². The lowest BCUT2D eigenvalue weighted by molar-refractivity contribution is -0.158. The van der Waals surface area contributed by atoms with Gasteiger partial charge in [-0.2, -0.15) is 5.10 Å².